The molecule has 45 heavy (non-hydrogen) atoms. The zero-order chi connectivity index (χ0) is 34.3. The Kier molecular flexibility index (Phi) is 19.1. The van der Waals surface area contributed by atoms with E-state index in [2.05, 4.69) is 120 Å². The largest absolute Gasteiger partial charge is 0.380 e. The van der Waals surface area contributed by atoms with Gasteiger partial charge in [-0.1, -0.05) is 0 Å². The summed E-state index contributed by atoms with van der Waals surface area (Å²) >= 11 is 0. The number of ether oxygens (including phenoxy) is 2. The van der Waals surface area contributed by atoms with Gasteiger partial charge in [0.25, 0.3) is 0 Å². The molecule has 4 fully saturated rings. The average Bonchev–Trinajstić information content (AvgIpc) is 3.24. The van der Waals surface area contributed by atoms with Gasteiger partial charge < -0.3 is 14.4 Å². The lowest BCUT2D eigenvalue weighted by molar-refractivity contribution is -0.00389. The van der Waals surface area contributed by atoms with Crippen LogP contribution in [0.3, 0.4) is 0 Å². The second-order valence-electron chi connectivity index (χ2n) is 17.0. The third kappa shape index (κ3) is 18.7. The summed E-state index contributed by atoms with van der Waals surface area (Å²) in [5.74, 6) is 0. The van der Waals surface area contributed by atoms with Crippen molar-refractivity contribution in [3.8, 4) is 0 Å². The number of nitrogens with zero attached hydrogens (tertiary/aromatic N) is 6. The SMILES string of the molecule is CC(C)(C)N1CCCOCC1.CC(C)(C)N1CCN(CCF)CC1.CC(C)(C)N1CCOCC1.CN1CCN(C(C)(C)C)CC1. The van der Waals surface area contributed by atoms with E-state index in [0.29, 0.717) is 23.2 Å². The van der Waals surface area contributed by atoms with Gasteiger partial charge in [-0.3, -0.25) is 24.5 Å². The Bertz CT molecular complexity index is 729. The minimum Gasteiger partial charge on any atom is -0.380 e. The van der Waals surface area contributed by atoms with Crippen molar-refractivity contribution in [1.82, 2.24) is 29.4 Å². The van der Waals surface area contributed by atoms with Crippen LogP contribution in [-0.2, 0) is 9.47 Å². The minimum absolute atomic E-state index is 0.213. The van der Waals surface area contributed by atoms with Gasteiger partial charge in [-0.05, 0) is 96.6 Å². The molecular formula is C36H77FN6O2. The highest BCUT2D eigenvalue weighted by Crippen LogP contribution is 2.17. The van der Waals surface area contributed by atoms with Gasteiger partial charge in [0.15, 0.2) is 0 Å². The Balaban J connectivity index is 0.000000301. The second kappa shape index (κ2) is 20.2. The molecule has 0 spiro atoms. The van der Waals surface area contributed by atoms with Gasteiger partial charge in [0.05, 0.1) is 19.8 Å². The van der Waals surface area contributed by atoms with Gasteiger partial charge >= 0.3 is 0 Å². The molecule has 0 aromatic heterocycles. The van der Waals surface area contributed by atoms with E-state index in [-0.39, 0.29) is 12.2 Å². The Morgan fingerprint density at radius 2 is 0.778 bits per heavy atom. The van der Waals surface area contributed by atoms with Crippen LogP contribution < -0.4 is 0 Å². The number of rotatable bonds is 2. The van der Waals surface area contributed by atoms with Gasteiger partial charge in [0.2, 0.25) is 0 Å². The van der Waals surface area contributed by atoms with Gasteiger partial charge in [0, 0.05) is 114 Å². The lowest BCUT2D eigenvalue weighted by Gasteiger charge is -2.42. The third-order valence-corrected chi connectivity index (χ3v) is 9.30. The first kappa shape index (κ1) is 42.6. The fraction of sp³-hybridized carbons (Fsp3) is 1.00. The normalized spacial score (nSPS) is 23.1. The molecule has 270 valence electrons. The molecular weight excluding hydrogens is 567 g/mol. The van der Waals surface area contributed by atoms with Crippen LogP contribution in [-0.4, -0.2) is 177 Å². The van der Waals surface area contributed by atoms with Gasteiger partial charge in [-0.25, -0.2) is 4.39 Å². The zero-order valence-electron chi connectivity index (χ0n) is 32.3. The van der Waals surface area contributed by atoms with Gasteiger partial charge in [-0.2, -0.15) is 0 Å². The standard InChI is InChI=1S/C10H21FN2.C9H20N2.C9H19NO.C8H17NO/c1-10(2,3)13-8-6-12(5-4-11)7-9-13;1-9(2,3)11-7-5-10(4)6-8-11;1-9(2,3)10-5-4-7-11-8-6-10;1-8(2,3)9-4-6-10-7-5-9/h4-9H2,1-3H3;5-8H2,1-4H3;4-8H2,1-3H3;4-7H2,1-3H3. The number of piperazine rings is 2. The lowest BCUT2D eigenvalue weighted by Crippen LogP contribution is -2.53. The Morgan fingerprint density at radius 3 is 1.13 bits per heavy atom. The van der Waals surface area contributed by atoms with Gasteiger partial charge in [-0.15, -0.1) is 0 Å². The molecule has 9 heteroatoms. The molecule has 4 aliphatic rings. The van der Waals surface area contributed by atoms with Crippen LogP contribution in [0.15, 0.2) is 0 Å². The molecule has 0 aliphatic carbocycles. The first-order valence-electron chi connectivity index (χ1n) is 17.9. The van der Waals surface area contributed by atoms with Crippen LogP contribution in [0.4, 0.5) is 4.39 Å². The molecule has 0 bridgehead atoms. The minimum atomic E-state index is -0.213. The summed E-state index contributed by atoms with van der Waals surface area (Å²) in [4.78, 5) is 14.5. The summed E-state index contributed by atoms with van der Waals surface area (Å²) in [5.41, 5.74) is 1.26. The fourth-order valence-electron chi connectivity index (χ4n) is 5.89. The molecule has 0 unspecified atom stereocenters. The first-order valence-corrected chi connectivity index (χ1v) is 17.9. The van der Waals surface area contributed by atoms with E-state index in [9.17, 15) is 4.39 Å². The maximum Gasteiger partial charge on any atom is 0.102 e. The number of likely N-dealkylation sites (N-methyl/N-ethyl adjacent to an activating group) is 1. The summed E-state index contributed by atoms with van der Waals surface area (Å²) in [5, 5.41) is 0. The van der Waals surface area contributed by atoms with Crippen molar-refractivity contribution in [3.63, 3.8) is 0 Å². The smallest absolute Gasteiger partial charge is 0.102 e. The van der Waals surface area contributed by atoms with Crippen molar-refractivity contribution in [2.45, 2.75) is 112 Å². The maximum absolute atomic E-state index is 12.1. The topological polar surface area (TPSA) is 37.9 Å². The zero-order valence-corrected chi connectivity index (χ0v) is 32.3. The van der Waals surface area contributed by atoms with Crippen LogP contribution in [0.2, 0.25) is 0 Å². The van der Waals surface area contributed by atoms with Crippen LogP contribution in [0.25, 0.3) is 0 Å². The van der Waals surface area contributed by atoms with Crippen molar-refractivity contribution in [1.29, 1.82) is 0 Å². The van der Waals surface area contributed by atoms with Gasteiger partial charge in [0.1, 0.15) is 6.67 Å². The molecule has 4 rings (SSSR count). The summed E-state index contributed by atoms with van der Waals surface area (Å²) in [6, 6.07) is 0. The van der Waals surface area contributed by atoms with Crippen molar-refractivity contribution < 1.29 is 13.9 Å². The number of morpholine rings is 1. The number of alkyl halides is 1. The van der Waals surface area contributed by atoms with Crippen molar-refractivity contribution in [3.05, 3.63) is 0 Å². The molecule has 4 saturated heterocycles. The highest BCUT2D eigenvalue weighted by atomic mass is 19.1. The molecule has 0 aromatic rings. The van der Waals surface area contributed by atoms with Crippen LogP contribution >= 0.6 is 0 Å². The van der Waals surface area contributed by atoms with Crippen LogP contribution in [0, 0.1) is 0 Å². The highest BCUT2D eigenvalue weighted by molar-refractivity contribution is 4.82. The summed E-state index contributed by atoms with van der Waals surface area (Å²) < 4.78 is 22.7. The van der Waals surface area contributed by atoms with E-state index >= 15 is 0 Å². The van der Waals surface area contributed by atoms with Crippen molar-refractivity contribution >= 4 is 0 Å². The predicted molar refractivity (Wildman–Crippen MR) is 191 cm³/mol. The highest BCUT2D eigenvalue weighted by Gasteiger charge is 2.26. The molecule has 0 N–H and O–H groups in total. The summed E-state index contributed by atoms with van der Waals surface area (Å²) in [7, 11) is 2.19. The Labute approximate surface area is 279 Å². The molecule has 4 aliphatic heterocycles. The molecule has 0 radical (unpaired) electrons. The van der Waals surface area contributed by atoms with E-state index in [1.807, 2.05) is 0 Å². The van der Waals surface area contributed by atoms with E-state index in [1.54, 1.807) is 0 Å². The third-order valence-electron chi connectivity index (χ3n) is 9.30. The first-order chi connectivity index (χ1) is 20.7. The number of halogens is 1. The fourth-order valence-corrected chi connectivity index (χ4v) is 5.89. The van der Waals surface area contributed by atoms with Crippen molar-refractivity contribution in [2.75, 3.05) is 125 Å². The second-order valence-corrected chi connectivity index (χ2v) is 17.0. The Morgan fingerprint density at radius 1 is 0.444 bits per heavy atom. The number of hydrogen-bond acceptors (Lipinski definition) is 8. The molecule has 0 saturated carbocycles. The van der Waals surface area contributed by atoms with Crippen LogP contribution in [0.1, 0.15) is 89.5 Å². The molecule has 4 heterocycles. The van der Waals surface area contributed by atoms with E-state index in [4.69, 9.17) is 9.47 Å². The molecule has 0 atom stereocenters. The predicted octanol–water partition coefficient (Wildman–Crippen LogP) is 5.03. The van der Waals surface area contributed by atoms with E-state index in [0.717, 1.165) is 72.2 Å². The molecule has 8 nitrogen and oxygen atoms in total. The summed E-state index contributed by atoms with van der Waals surface area (Å²) in [6.45, 7) is 44.6. The summed E-state index contributed by atoms with van der Waals surface area (Å²) in [6.07, 6.45) is 1.18. The number of hydrogen-bond donors (Lipinski definition) is 0. The maximum atomic E-state index is 12.1. The van der Waals surface area contributed by atoms with Crippen LogP contribution in [0.5, 0.6) is 0 Å². The van der Waals surface area contributed by atoms with E-state index < -0.39 is 0 Å². The average molecular weight is 645 g/mol. The van der Waals surface area contributed by atoms with Crippen molar-refractivity contribution in [2.24, 2.45) is 0 Å². The van der Waals surface area contributed by atoms with E-state index in [1.165, 1.54) is 39.1 Å². The molecule has 0 amide bonds. The molecule has 0 aromatic carbocycles. The Hall–Kier alpha value is -0.390. The quantitative estimate of drug-likeness (QED) is 0.415. The lowest BCUT2D eigenvalue weighted by atomic mass is 10.1. The monoisotopic (exact) mass is 645 g/mol.